The van der Waals surface area contributed by atoms with E-state index in [1.807, 2.05) is 0 Å². The molecule has 0 saturated carbocycles. The Hall–Kier alpha value is -2.24. The van der Waals surface area contributed by atoms with E-state index in [0.717, 1.165) is 5.56 Å². The molecule has 0 atom stereocenters. The number of benzene rings is 2. The van der Waals surface area contributed by atoms with Crippen molar-refractivity contribution in [3.63, 3.8) is 0 Å². The maximum Gasteiger partial charge on any atom is 0.314 e. The van der Waals surface area contributed by atoms with Gasteiger partial charge in [0.15, 0.2) is 0 Å². The highest BCUT2D eigenvalue weighted by Crippen LogP contribution is 2.26. The number of nitrogens with one attached hydrogen (secondary N) is 2. The molecule has 0 fully saturated rings. The number of halogens is 2. The van der Waals surface area contributed by atoms with Gasteiger partial charge < -0.3 is 15.7 Å². The number of rotatable bonds is 2. The Balaban J connectivity index is 2.09. The largest absolute Gasteiger partial charge is 0.506 e. The minimum atomic E-state index is -0.935. The number of aromatic hydroxyl groups is 1. The lowest BCUT2D eigenvalue weighted by Crippen LogP contribution is -2.29. The summed E-state index contributed by atoms with van der Waals surface area (Å²) in [7, 11) is 0. The van der Waals surface area contributed by atoms with Crippen LogP contribution in [0.5, 0.6) is 5.75 Å². The number of carbonyl (C=O) groups excluding carboxylic acids is 2. The van der Waals surface area contributed by atoms with Crippen LogP contribution in [0.3, 0.4) is 0 Å². The van der Waals surface area contributed by atoms with Crippen molar-refractivity contribution in [2.75, 3.05) is 10.6 Å². The molecular formula is C15H12Cl2N2O3. The Bertz CT molecular complexity index is 748. The summed E-state index contributed by atoms with van der Waals surface area (Å²) < 4.78 is 0. The summed E-state index contributed by atoms with van der Waals surface area (Å²) in [6, 6.07) is 9.16. The smallest absolute Gasteiger partial charge is 0.314 e. The van der Waals surface area contributed by atoms with Gasteiger partial charge in [0, 0.05) is 5.02 Å². The average molecular weight is 339 g/mol. The van der Waals surface area contributed by atoms with Crippen molar-refractivity contribution in [2.24, 2.45) is 0 Å². The fourth-order valence-electron chi connectivity index (χ4n) is 1.70. The molecule has 0 spiro atoms. The molecule has 2 amide bonds. The van der Waals surface area contributed by atoms with Crippen LogP contribution in [0.1, 0.15) is 5.56 Å². The minimum absolute atomic E-state index is 0.123. The van der Waals surface area contributed by atoms with Gasteiger partial charge in [0.05, 0.1) is 16.4 Å². The number of amides is 2. The molecule has 0 unspecified atom stereocenters. The zero-order valence-corrected chi connectivity index (χ0v) is 13.0. The summed E-state index contributed by atoms with van der Waals surface area (Å²) >= 11 is 11.7. The zero-order valence-electron chi connectivity index (χ0n) is 11.5. The molecule has 2 aromatic rings. The Labute approximate surface area is 136 Å². The summed E-state index contributed by atoms with van der Waals surface area (Å²) in [5.41, 5.74) is 1.19. The molecule has 5 nitrogen and oxygen atoms in total. The van der Waals surface area contributed by atoms with Crippen molar-refractivity contribution in [1.82, 2.24) is 0 Å². The summed E-state index contributed by atoms with van der Waals surface area (Å²) in [5, 5.41) is 15.0. The van der Waals surface area contributed by atoms with Crippen molar-refractivity contribution in [3.05, 3.63) is 52.0 Å². The van der Waals surface area contributed by atoms with Crippen molar-refractivity contribution in [3.8, 4) is 5.75 Å². The summed E-state index contributed by atoms with van der Waals surface area (Å²) in [6.07, 6.45) is 0. The molecule has 0 saturated heterocycles. The topological polar surface area (TPSA) is 78.4 Å². The lowest BCUT2D eigenvalue weighted by Gasteiger charge is -2.09. The number of carbonyl (C=O) groups is 2. The third-order valence-corrected chi connectivity index (χ3v) is 3.35. The Morgan fingerprint density at radius 3 is 2.23 bits per heavy atom. The van der Waals surface area contributed by atoms with Crippen LogP contribution in [0.15, 0.2) is 36.4 Å². The Kier molecular flexibility index (Phi) is 4.90. The van der Waals surface area contributed by atoms with Gasteiger partial charge in [-0.2, -0.15) is 0 Å². The van der Waals surface area contributed by atoms with Gasteiger partial charge in [-0.25, -0.2) is 0 Å². The van der Waals surface area contributed by atoms with Gasteiger partial charge in [-0.05, 0) is 42.8 Å². The van der Waals surface area contributed by atoms with E-state index in [2.05, 4.69) is 10.6 Å². The lowest BCUT2D eigenvalue weighted by molar-refractivity contribution is -0.133. The van der Waals surface area contributed by atoms with Gasteiger partial charge in [0.25, 0.3) is 0 Å². The number of hydrogen-bond acceptors (Lipinski definition) is 3. The quantitative estimate of drug-likeness (QED) is 0.578. The minimum Gasteiger partial charge on any atom is -0.506 e. The molecule has 0 aliphatic heterocycles. The molecule has 3 N–H and O–H groups in total. The van der Waals surface area contributed by atoms with Crippen LogP contribution in [0, 0.1) is 6.92 Å². The number of anilines is 2. The predicted molar refractivity (Wildman–Crippen MR) is 86.6 cm³/mol. The van der Waals surface area contributed by atoms with Gasteiger partial charge in [0.2, 0.25) is 0 Å². The van der Waals surface area contributed by atoms with Crippen LogP contribution in [0.25, 0.3) is 0 Å². The first kappa shape index (κ1) is 16.1. The number of hydrogen-bond donors (Lipinski definition) is 3. The normalized spacial score (nSPS) is 10.1. The Morgan fingerprint density at radius 2 is 1.59 bits per heavy atom. The number of phenolic OH excluding ortho intramolecular Hbond substituents is 1. The molecule has 0 radical (unpaired) electrons. The zero-order chi connectivity index (χ0) is 16.3. The highest BCUT2D eigenvalue weighted by molar-refractivity contribution is 6.45. The lowest BCUT2D eigenvalue weighted by atomic mass is 10.2. The van der Waals surface area contributed by atoms with E-state index in [-0.39, 0.29) is 22.1 Å². The van der Waals surface area contributed by atoms with Crippen molar-refractivity contribution in [1.29, 1.82) is 0 Å². The predicted octanol–water partition coefficient (Wildman–Crippen LogP) is 3.58. The van der Waals surface area contributed by atoms with Crippen molar-refractivity contribution >= 4 is 46.4 Å². The second-order valence-corrected chi connectivity index (χ2v) is 5.40. The third-order valence-electron chi connectivity index (χ3n) is 2.78. The van der Waals surface area contributed by atoms with Crippen LogP contribution in [0.4, 0.5) is 11.4 Å². The van der Waals surface area contributed by atoms with E-state index in [1.54, 1.807) is 19.1 Å². The van der Waals surface area contributed by atoms with Crippen LogP contribution in [-0.2, 0) is 9.59 Å². The van der Waals surface area contributed by atoms with Crippen molar-refractivity contribution in [2.45, 2.75) is 6.92 Å². The van der Waals surface area contributed by atoms with Crippen LogP contribution < -0.4 is 10.6 Å². The van der Waals surface area contributed by atoms with Crippen LogP contribution >= 0.6 is 23.2 Å². The molecule has 0 aliphatic carbocycles. The Morgan fingerprint density at radius 1 is 0.955 bits per heavy atom. The van der Waals surface area contributed by atoms with Gasteiger partial charge in [-0.15, -0.1) is 0 Å². The summed E-state index contributed by atoms with van der Waals surface area (Å²) in [6.45, 7) is 1.79. The van der Waals surface area contributed by atoms with E-state index in [4.69, 9.17) is 23.2 Å². The third kappa shape index (κ3) is 3.90. The highest BCUT2D eigenvalue weighted by Gasteiger charge is 2.17. The van der Waals surface area contributed by atoms with Gasteiger partial charge in [-0.1, -0.05) is 29.3 Å². The number of aryl methyl sites for hydroxylation is 1. The monoisotopic (exact) mass is 338 g/mol. The summed E-state index contributed by atoms with van der Waals surface area (Å²) in [5.74, 6) is -1.98. The summed E-state index contributed by atoms with van der Waals surface area (Å²) in [4.78, 5) is 23.7. The van der Waals surface area contributed by atoms with Gasteiger partial charge >= 0.3 is 11.8 Å². The maximum absolute atomic E-state index is 11.9. The molecule has 0 bridgehead atoms. The van der Waals surface area contributed by atoms with Gasteiger partial charge in [0.1, 0.15) is 5.75 Å². The first-order valence-electron chi connectivity index (χ1n) is 6.24. The van der Waals surface area contributed by atoms with Crippen LogP contribution in [-0.4, -0.2) is 16.9 Å². The molecule has 0 aromatic heterocycles. The second-order valence-electron chi connectivity index (χ2n) is 4.55. The van der Waals surface area contributed by atoms with E-state index in [9.17, 15) is 14.7 Å². The molecule has 0 heterocycles. The first-order chi connectivity index (χ1) is 10.4. The number of phenols is 1. The maximum atomic E-state index is 11.9. The van der Waals surface area contributed by atoms with Gasteiger partial charge in [-0.3, -0.25) is 9.59 Å². The fourth-order valence-corrected chi connectivity index (χ4v) is 2.04. The second kappa shape index (κ2) is 6.68. The molecular weight excluding hydrogens is 327 g/mol. The van der Waals surface area contributed by atoms with E-state index in [0.29, 0.717) is 5.02 Å². The van der Waals surface area contributed by atoms with E-state index in [1.165, 1.54) is 24.3 Å². The standard InChI is InChI=1S/C15H12Cl2N2O3/c1-8-2-5-11(13(20)6-8)18-14(21)15(22)19-12-7-9(16)3-4-10(12)17/h2-7,20H,1H3,(H,18,21)(H,19,22). The van der Waals surface area contributed by atoms with E-state index < -0.39 is 11.8 Å². The SMILES string of the molecule is Cc1ccc(NC(=O)C(=O)Nc2cc(Cl)ccc2Cl)c(O)c1. The molecule has 2 rings (SSSR count). The van der Waals surface area contributed by atoms with E-state index >= 15 is 0 Å². The molecule has 22 heavy (non-hydrogen) atoms. The fraction of sp³-hybridized carbons (Fsp3) is 0.0667. The van der Waals surface area contributed by atoms with Crippen LogP contribution in [0.2, 0.25) is 10.0 Å². The first-order valence-corrected chi connectivity index (χ1v) is 6.99. The molecule has 7 heteroatoms. The molecule has 114 valence electrons. The molecule has 0 aliphatic rings. The van der Waals surface area contributed by atoms with Crippen molar-refractivity contribution < 1.29 is 14.7 Å². The molecule has 2 aromatic carbocycles. The average Bonchev–Trinajstić information content (AvgIpc) is 2.45. The highest BCUT2D eigenvalue weighted by atomic mass is 35.5.